The maximum atomic E-state index is 9.46. The Kier molecular flexibility index (Phi) is 3.34. The monoisotopic (exact) mass is 273 g/mol. The molecule has 0 unspecified atom stereocenters. The quantitative estimate of drug-likeness (QED) is 0.894. The molecule has 0 radical (unpaired) electrons. The van der Waals surface area contributed by atoms with E-state index in [9.17, 15) is 5.11 Å². The number of aromatic hydroxyl groups is 1. The number of para-hydroxylation sites is 1. The number of halogens is 1. The van der Waals surface area contributed by atoms with Gasteiger partial charge in [-0.05, 0) is 42.2 Å². The molecule has 0 saturated heterocycles. The lowest BCUT2D eigenvalue weighted by Crippen LogP contribution is -2.28. The van der Waals surface area contributed by atoms with Crippen LogP contribution >= 0.6 is 11.6 Å². The van der Waals surface area contributed by atoms with Crippen molar-refractivity contribution in [2.75, 3.05) is 11.4 Å². The van der Waals surface area contributed by atoms with Crippen molar-refractivity contribution in [2.45, 2.75) is 19.4 Å². The molecule has 1 heterocycles. The Morgan fingerprint density at radius 3 is 2.84 bits per heavy atom. The van der Waals surface area contributed by atoms with E-state index in [0.29, 0.717) is 5.02 Å². The highest BCUT2D eigenvalue weighted by molar-refractivity contribution is 6.32. The summed E-state index contributed by atoms with van der Waals surface area (Å²) in [6.07, 6.45) is 2.34. The number of hydrogen-bond acceptors (Lipinski definition) is 2. The molecule has 0 atom stereocenters. The normalized spacial score (nSPS) is 14.3. The Hall–Kier alpha value is -1.67. The predicted octanol–water partition coefficient (Wildman–Crippen LogP) is 4.00. The molecule has 2 aromatic carbocycles. The number of phenols is 1. The molecule has 0 bridgehead atoms. The van der Waals surface area contributed by atoms with Gasteiger partial charge in [0.2, 0.25) is 0 Å². The lowest BCUT2D eigenvalue weighted by molar-refractivity contribution is 0.475. The van der Waals surface area contributed by atoms with Crippen LogP contribution in [0, 0.1) is 0 Å². The molecule has 0 aromatic heterocycles. The molecule has 2 nitrogen and oxygen atoms in total. The summed E-state index contributed by atoms with van der Waals surface area (Å²) in [5.74, 6) is 0.143. The van der Waals surface area contributed by atoms with E-state index in [2.05, 4.69) is 29.2 Å². The summed E-state index contributed by atoms with van der Waals surface area (Å²) < 4.78 is 0. The molecule has 1 aliphatic heterocycles. The molecule has 1 N–H and O–H groups in total. The van der Waals surface area contributed by atoms with Crippen LogP contribution < -0.4 is 4.90 Å². The second-order valence-electron chi connectivity index (χ2n) is 4.94. The van der Waals surface area contributed by atoms with Gasteiger partial charge in [0.05, 0.1) is 5.02 Å². The topological polar surface area (TPSA) is 23.5 Å². The van der Waals surface area contributed by atoms with E-state index in [4.69, 9.17) is 11.6 Å². The summed E-state index contributed by atoms with van der Waals surface area (Å²) in [6, 6.07) is 14.0. The van der Waals surface area contributed by atoms with Crippen molar-refractivity contribution in [3.8, 4) is 5.75 Å². The van der Waals surface area contributed by atoms with E-state index in [-0.39, 0.29) is 5.75 Å². The van der Waals surface area contributed by atoms with Crippen LogP contribution in [0.15, 0.2) is 42.5 Å². The molecular weight excluding hydrogens is 258 g/mol. The summed E-state index contributed by atoms with van der Waals surface area (Å²) in [5, 5.41) is 9.88. The fourth-order valence-corrected chi connectivity index (χ4v) is 2.85. The Balaban J connectivity index is 1.86. The van der Waals surface area contributed by atoms with Crippen molar-refractivity contribution in [3.63, 3.8) is 0 Å². The number of anilines is 1. The van der Waals surface area contributed by atoms with Gasteiger partial charge >= 0.3 is 0 Å². The first-order chi connectivity index (χ1) is 9.24. The summed E-state index contributed by atoms with van der Waals surface area (Å²) in [6.45, 7) is 1.90. The fraction of sp³-hybridized carbons (Fsp3) is 0.250. The summed E-state index contributed by atoms with van der Waals surface area (Å²) >= 11 is 5.96. The van der Waals surface area contributed by atoms with Crippen LogP contribution in [0.4, 0.5) is 5.69 Å². The third-order valence-corrected chi connectivity index (χ3v) is 3.89. The van der Waals surface area contributed by atoms with Crippen LogP contribution in [0.1, 0.15) is 17.5 Å². The first-order valence-electron chi connectivity index (χ1n) is 6.54. The number of aryl methyl sites for hydroxylation is 1. The largest absolute Gasteiger partial charge is 0.506 e. The van der Waals surface area contributed by atoms with Gasteiger partial charge in [-0.2, -0.15) is 0 Å². The molecule has 0 spiro atoms. The zero-order valence-corrected chi connectivity index (χ0v) is 11.4. The van der Waals surface area contributed by atoms with Gasteiger partial charge in [0.25, 0.3) is 0 Å². The molecule has 3 rings (SSSR count). The first-order valence-corrected chi connectivity index (χ1v) is 6.92. The Morgan fingerprint density at radius 1 is 1.16 bits per heavy atom. The molecule has 1 aliphatic rings. The van der Waals surface area contributed by atoms with Crippen LogP contribution in [-0.2, 0) is 13.0 Å². The van der Waals surface area contributed by atoms with Crippen molar-refractivity contribution >= 4 is 17.3 Å². The Morgan fingerprint density at radius 2 is 2.00 bits per heavy atom. The zero-order valence-electron chi connectivity index (χ0n) is 10.6. The van der Waals surface area contributed by atoms with Gasteiger partial charge < -0.3 is 10.0 Å². The van der Waals surface area contributed by atoms with E-state index in [1.54, 1.807) is 6.07 Å². The minimum atomic E-state index is 0.143. The van der Waals surface area contributed by atoms with Crippen molar-refractivity contribution in [1.82, 2.24) is 0 Å². The maximum absolute atomic E-state index is 9.46. The number of benzene rings is 2. The molecule has 2 aromatic rings. The molecule has 3 heteroatoms. The maximum Gasteiger partial charge on any atom is 0.134 e. The number of fused-ring (bicyclic) bond motifs is 1. The van der Waals surface area contributed by atoms with Gasteiger partial charge in [-0.25, -0.2) is 0 Å². The van der Waals surface area contributed by atoms with Gasteiger partial charge in [0, 0.05) is 18.8 Å². The van der Waals surface area contributed by atoms with E-state index in [1.807, 2.05) is 12.1 Å². The second-order valence-corrected chi connectivity index (χ2v) is 5.35. The SMILES string of the molecule is Oc1ccc(CN2CCCc3ccccc32)cc1Cl. The number of nitrogens with zero attached hydrogens (tertiary/aromatic N) is 1. The lowest BCUT2D eigenvalue weighted by atomic mass is 10.0. The van der Waals surface area contributed by atoms with Crippen molar-refractivity contribution in [3.05, 3.63) is 58.6 Å². The second kappa shape index (κ2) is 5.14. The predicted molar refractivity (Wildman–Crippen MR) is 78.9 cm³/mol. The van der Waals surface area contributed by atoms with Gasteiger partial charge in [-0.3, -0.25) is 0 Å². The standard InChI is InChI=1S/C16H16ClNO/c17-14-10-12(7-8-16(14)19)11-18-9-3-5-13-4-1-2-6-15(13)18/h1-2,4,6-8,10,19H,3,5,9,11H2. The zero-order chi connectivity index (χ0) is 13.2. The fourth-order valence-electron chi connectivity index (χ4n) is 2.64. The van der Waals surface area contributed by atoms with Crippen molar-refractivity contribution < 1.29 is 5.11 Å². The van der Waals surface area contributed by atoms with E-state index in [0.717, 1.165) is 25.1 Å². The highest BCUT2D eigenvalue weighted by atomic mass is 35.5. The van der Waals surface area contributed by atoms with E-state index >= 15 is 0 Å². The number of hydrogen-bond donors (Lipinski definition) is 1. The molecule has 0 aliphatic carbocycles. The van der Waals surface area contributed by atoms with Crippen molar-refractivity contribution in [1.29, 1.82) is 0 Å². The average Bonchev–Trinajstić information content (AvgIpc) is 2.43. The van der Waals surface area contributed by atoms with Crippen LogP contribution in [0.2, 0.25) is 5.02 Å². The minimum Gasteiger partial charge on any atom is -0.506 e. The summed E-state index contributed by atoms with van der Waals surface area (Å²) in [7, 11) is 0. The van der Waals surface area contributed by atoms with Gasteiger partial charge in [0.1, 0.15) is 5.75 Å². The molecule has 98 valence electrons. The number of phenolic OH excluding ortho intramolecular Hbond substituents is 1. The summed E-state index contributed by atoms with van der Waals surface area (Å²) in [5.41, 5.74) is 3.86. The molecule has 19 heavy (non-hydrogen) atoms. The highest BCUT2D eigenvalue weighted by Crippen LogP contribution is 2.29. The van der Waals surface area contributed by atoms with Crippen LogP contribution in [0.25, 0.3) is 0 Å². The van der Waals surface area contributed by atoms with E-state index < -0.39 is 0 Å². The van der Waals surface area contributed by atoms with Crippen molar-refractivity contribution in [2.24, 2.45) is 0 Å². The van der Waals surface area contributed by atoms with Gasteiger partial charge in [0.15, 0.2) is 0 Å². The van der Waals surface area contributed by atoms with E-state index in [1.165, 1.54) is 17.7 Å². The molecule has 0 saturated carbocycles. The Labute approximate surface area is 118 Å². The Bertz CT molecular complexity index is 597. The van der Waals surface area contributed by atoms with Crippen LogP contribution in [-0.4, -0.2) is 11.7 Å². The molecule has 0 fully saturated rings. The third-order valence-electron chi connectivity index (χ3n) is 3.59. The number of rotatable bonds is 2. The lowest BCUT2D eigenvalue weighted by Gasteiger charge is -2.31. The average molecular weight is 274 g/mol. The smallest absolute Gasteiger partial charge is 0.134 e. The molecule has 0 amide bonds. The third kappa shape index (κ3) is 2.54. The van der Waals surface area contributed by atoms with Gasteiger partial charge in [-0.1, -0.05) is 35.9 Å². The van der Waals surface area contributed by atoms with Gasteiger partial charge in [-0.15, -0.1) is 0 Å². The summed E-state index contributed by atoms with van der Waals surface area (Å²) in [4.78, 5) is 2.38. The minimum absolute atomic E-state index is 0.143. The highest BCUT2D eigenvalue weighted by Gasteiger charge is 2.16. The van der Waals surface area contributed by atoms with Crippen LogP contribution in [0.3, 0.4) is 0 Å². The molecular formula is C16H16ClNO. The first kappa shape index (κ1) is 12.4. The van der Waals surface area contributed by atoms with Crippen LogP contribution in [0.5, 0.6) is 5.75 Å².